The SMILES string of the molecule is CCCCN(CC)S(=O)(=O)c1ccc(C(=O)N2CCC(Oc3nc4ccccc4s3)CC2)cc1. The Bertz CT molecular complexity index is 1180. The lowest BCUT2D eigenvalue weighted by Crippen LogP contribution is -2.41. The number of carbonyl (C=O) groups excluding carboxylic acids is 1. The Kier molecular flexibility index (Phi) is 7.85. The normalized spacial score (nSPS) is 15.2. The summed E-state index contributed by atoms with van der Waals surface area (Å²) in [6.45, 7) is 6.00. The van der Waals surface area contributed by atoms with Gasteiger partial charge in [0.1, 0.15) is 6.10 Å². The van der Waals surface area contributed by atoms with E-state index in [-0.39, 0.29) is 16.9 Å². The van der Waals surface area contributed by atoms with Gasteiger partial charge in [-0.25, -0.2) is 13.4 Å². The van der Waals surface area contributed by atoms with Gasteiger partial charge in [-0.1, -0.05) is 43.7 Å². The van der Waals surface area contributed by atoms with Crippen molar-refractivity contribution in [1.29, 1.82) is 0 Å². The van der Waals surface area contributed by atoms with Crippen LogP contribution in [-0.4, -0.2) is 60.8 Å². The van der Waals surface area contributed by atoms with Crippen molar-refractivity contribution in [2.24, 2.45) is 0 Å². The molecule has 2 aromatic carbocycles. The van der Waals surface area contributed by atoms with Gasteiger partial charge >= 0.3 is 0 Å². The van der Waals surface area contributed by atoms with Crippen LogP contribution < -0.4 is 4.74 Å². The summed E-state index contributed by atoms with van der Waals surface area (Å²) in [6, 6.07) is 14.3. The van der Waals surface area contributed by atoms with Crippen LogP contribution in [0.5, 0.6) is 5.19 Å². The molecule has 182 valence electrons. The number of ether oxygens (including phenoxy) is 1. The van der Waals surface area contributed by atoms with Crippen LogP contribution >= 0.6 is 11.3 Å². The van der Waals surface area contributed by atoms with Gasteiger partial charge in [0.2, 0.25) is 10.0 Å². The van der Waals surface area contributed by atoms with Gasteiger partial charge < -0.3 is 9.64 Å². The Morgan fingerprint density at radius 1 is 1.12 bits per heavy atom. The first kappa shape index (κ1) is 24.6. The summed E-state index contributed by atoms with van der Waals surface area (Å²) in [6.07, 6.45) is 3.25. The van der Waals surface area contributed by atoms with Crippen molar-refractivity contribution in [1.82, 2.24) is 14.2 Å². The van der Waals surface area contributed by atoms with Crippen LogP contribution in [0.4, 0.5) is 0 Å². The van der Waals surface area contributed by atoms with Crippen molar-refractivity contribution in [3.63, 3.8) is 0 Å². The van der Waals surface area contributed by atoms with E-state index in [1.807, 2.05) is 38.1 Å². The maximum atomic E-state index is 13.0. The molecule has 0 radical (unpaired) electrons. The number of piperidine rings is 1. The van der Waals surface area contributed by atoms with E-state index >= 15 is 0 Å². The number of hydrogen-bond acceptors (Lipinski definition) is 6. The molecule has 1 fully saturated rings. The lowest BCUT2D eigenvalue weighted by atomic mass is 10.1. The monoisotopic (exact) mass is 501 g/mol. The summed E-state index contributed by atoms with van der Waals surface area (Å²) in [5, 5.41) is 0.669. The standard InChI is InChI=1S/C25H31N3O4S2/c1-3-5-16-28(4-2)34(30,31)21-12-10-19(11-13-21)24(29)27-17-14-20(15-18-27)32-25-26-22-8-6-7-9-23(22)33-25/h6-13,20H,3-5,14-18H2,1-2H3. The Hall–Kier alpha value is -2.49. The first-order valence-corrected chi connectivity index (χ1v) is 14.1. The van der Waals surface area contributed by atoms with Crippen molar-refractivity contribution >= 4 is 37.5 Å². The van der Waals surface area contributed by atoms with E-state index in [2.05, 4.69) is 4.98 Å². The van der Waals surface area contributed by atoms with Gasteiger partial charge in [-0.2, -0.15) is 4.31 Å². The highest BCUT2D eigenvalue weighted by Crippen LogP contribution is 2.29. The maximum Gasteiger partial charge on any atom is 0.274 e. The molecule has 0 saturated carbocycles. The molecule has 0 atom stereocenters. The lowest BCUT2D eigenvalue weighted by molar-refractivity contribution is 0.0595. The van der Waals surface area contributed by atoms with E-state index < -0.39 is 10.0 Å². The number of likely N-dealkylation sites (tertiary alicyclic amines) is 1. The molecule has 1 amide bonds. The number of para-hydroxylation sites is 1. The number of unbranched alkanes of at least 4 members (excludes halogenated alkanes) is 1. The summed E-state index contributed by atoms with van der Waals surface area (Å²) in [5.41, 5.74) is 1.44. The average Bonchev–Trinajstić information content (AvgIpc) is 3.27. The molecule has 0 unspecified atom stereocenters. The predicted octanol–water partition coefficient (Wildman–Crippen LogP) is 4.79. The minimum Gasteiger partial charge on any atom is -0.467 e. The summed E-state index contributed by atoms with van der Waals surface area (Å²) in [7, 11) is -3.55. The van der Waals surface area contributed by atoms with E-state index in [9.17, 15) is 13.2 Å². The fourth-order valence-electron chi connectivity index (χ4n) is 4.10. The fraction of sp³-hybridized carbons (Fsp3) is 0.440. The third-order valence-electron chi connectivity index (χ3n) is 6.12. The zero-order valence-electron chi connectivity index (χ0n) is 19.6. The molecule has 34 heavy (non-hydrogen) atoms. The molecule has 0 N–H and O–H groups in total. The third kappa shape index (κ3) is 5.42. The van der Waals surface area contributed by atoms with E-state index in [0.717, 1.165) is 35.9 Å². The largest absolute Gasteiger partial charge is 0.467 e. The highest BCUT2D eigenvalue weighted by atomic mass is 32.2. The molecule has 1 aliphatic rings. The molecule has 0 aliphatic carbocycles. The maximum absolute atomic E-state index is 13.0. The number of rotatable bonds is 9. The molecular weight excluding hydrogens is 470 g/mol. The van der Waals surface area contributed by atoms with Crippen LogP contribution in [0.2, 0.25) is 0 Å². The molecule has 0 bridgehead atoms. The second-order valence-corrected chi connectivity index (χ2v) is 11.4. The van der Waals surface area contributed by atoms with Crippen molar-refractivity contribution in [3.05, 3.63) is 54.1 Å². The number of aromatic nitrogens is 1. The van der Waals surface area contributed by atoms with Crippen molar-refractivity contribution in [2.75, 3.05) is 26.2 Å². The average molecular weight is 502 g/mol. The minimum atomic E-state index is -3.55. The fourth-order valence-corrected chi connectivity index (χ4v) is 6.47. The predicted molar refractivity (Wildman–Crippen MR) is 135 cm³/mol. The molecule has 1 saturated heterocycles. The van der Waals surface area contributed by atoms with Gasteiger partial charge in [-0.3, -0.25) is 4.79 Å². The molecule has 1 aromatic heterocycles. The van der Waals surface area contributed by atoms with Crippen molar-refractivity contribution in [3.8, 4) is 5.19 Å². The second kappa shape index (κ2) is 10.8. The Morgan fingerprint density at radius 2 is 1.82 bits per heavy atom. The zero-order chi connectivity index (χ0) is 24.1. The molecular formula is C25H31N3O4S2. The zero-order valence-corrected chi connectivity index (χ0v) is 21.3. The highest BCUT2D eigenvalue weighted by molar-refractivity contribution is 7.89. The van der Waals surface area contributed by atoms with Crippen LogP contribution in [0.25, 0.3) is 10.2 Å². The number of benzene rings is 2. The molecule has 3 aromatic rings. The van der Waals surface area contributed by atoms with Crippen LogP contribution in [0, 0.1) is 0 Å². The third-order valence-corrected chi connectivity index (χ3v) is 9.04. The smallest absolute Gasteiger partial charge is 0.274 e. The first-order valence-electron chi connectivity index (χ1n) is 11.8. The van der Waals surface area contributed by atoms with E-state index in [1.165, 1.54) is 15.6 Å². The van der Waals surface area contributed by atoms with Crippen LogP contribution in [0.3, 0.4) is 0 Å². The Morgan fingerprint density at radius 3 is 2.47 bits per heavy atom. The van der Waals surface area contributed by atoms with Crippen molar-refractivity contribution < 1.29 is 17.9 Å². The number of fused-ring (bicyclic) bond motifs is 1. The van der Waals surface area contributed by atoms with Gasteiger partial charge in [-0.05, 0) is 42.8 Å². The molecule has 9 heteroatoms. The molecule has 2 heterocycles. The number of hydrogen-bond donors (Lipinski definition) is 0. The molecule has 1 aliphatic heterocycles. The van der Waals surface area contributed by atoms with Crippen LogP contribution in [0.15, 0.2) is 53.4 Å². The molecule has 4 rings (SSSR count). The summed E-state index contributed by atoms with van der Waals surface area (Å²) >= 11 is 1.54. The Balaban J connectivity index is 1.34. The van der Waals surface area contributed by atoms with E-state index in [1.54, 1.807) is 29.2 Å². The second-order valence-electron chi connectivity index (χ2n) is 8.43. The van der Waals surface area contributed by atoms with Crippen molar-refractivity contribution in [2.45, 2.75) is 50.5 Å². The number of thiazole rings is 1. The minimum absolute atomic E-state index is 0.0280. The highest BCUT2D eigenvalue weighted by Gasteiger charge is 2.27. The summed E-state index contributed by atoms with van der Waals surface area (Å²) in [4.78, 5) is 19.6. The number of amides is 1. The lowest BCUT2D eigenvalue weighted by Gasteiger charge is -2.31. The summed E-state index contributed by atoms with van der Waals surface area (Å²) < 4.78 is 34.5. The number of sulfonamides is 1. The summed E-state index contributed by atoms with van der Waals surface area (Å²) in [5.74, 6) is -0.0827. The quantitative estimate of drug-likeness (QED) is 0.421. The van der Waals surface area contributed by atoms with Gasteiger partial charge in [0.15, 0.2) is 0 Å². The number of carbonyl (C=O) groups is 1. The Labute approximate surface area is 205 Å². The van der Waals surface area contributed by atoms with E-state index in [0.29, 0.717) is 36.9 Å². The first-order chi connectivity index (χ1) is 16.4. The van der Waals surface area contributed by atoms with Crippen LogP contribution in [-0.2, 0) is 10.0 Å². The van der Waals surface area contributed by atoms with Gasteiger partial charge in [0.25, 0.3) is 11.1 Å². The van der Waals surface area contributed by atoms with E-state index in [4.69, 9.17) is 4.74 Å². The molecule has 7 nitrogen and oxygen atoms in total. The van der Waals surface area contributed by atoms with Gasteiger partial charge in [0, 0.05) is 44.6 Å². The molecule has 0 spiro atoms. The number of nitrogens with zero attached hydrogens (tertiary/aromatic N) is 3. The van der Waals surface area contributed by atoms with Gasteiger partial charge in [-0.15, -0.1) is 0 Å². The topological polar surface area (TPSA) is 79.8 Å². The van der Waals surface area contributed by atoms with Crippen LogP contribution in [0.1, 0.15) is 49.9 Å². The van der Waals surface area contributed by atoms with Gasteiger partial charge in [0.05, 0.1) is 15.1 Å².